The van der Waals surface area contributed by atoms with E-state index in [2.05, 4.69) is 41.2 Å². The molecule has 9 nitrogen and oxygen atoms in total. The van der Waals surface area contributed by atoms with Gasteiger partial charge >= 0.3 is 0 Å². The summed E-state index contributed by atoms with van der Waals surface area (Å²) in [5.41, 5.74) is 2.50. The number of hydrogen-bond acceptors (Lipinski definition) is 7. The van der Waals surface area contributed by atoms with Gasteiger partial charge in [-0.3, -0.25) is 4.79 Å². The van der Waals surface area contributed by atoms with Crippen molar-refractivity contribution >= 4 is 23.2 Å². The Morgan fingerprint density at radius 3 is 2.56 bits per heavy atom. The molecule has 3 aliphatic heterocycles. The molecule has 0 saturated carbocycles. The predicted molar refractivity (Wildman–Crippen MR) is 137 cm³/mol. The van der Waals surface area contributed by atoms with E-state index in [1.165, 1.54) is 38.1 Å². The van der Waals surface area contributed by atoms with Crippen LogP contribution < -0.4 is 15.5 Å². The van der Waals surface area contributed by atoms with Crippen LogP contribution in [0.25, 0.3) is 11.3 Å². The number of piperidine rings is 1. The van der Waals surface area contributed by atoms with Gasteiger partial charge in [0.25, 0.3) is 0 Å². The smallest absolute Gasteiger partial charge is 0.243 e. The zero-order valence-corrected chi connectivity index (χ0v) is 20.3. The molecule has 3 aromatic rings. The van der Waals surface area contributed by atoms with Gasteiger partial charge in [0.15, 0.2) is 11.6 Å². The van der Waals surface area contributed by atoms with E-state index in [0.29, 0.717) is 17.4 Å². The van der Waals surface area contributed by atoms with E-state index >= 15 is 0 Å². The maximum atomic E-state index is 13.5. The lowest BCUT2D eigenvalue weighted by atomic mass is 9.95. The summed E-state index contributed by atoms with van der Waals surface area (Å²) in [5, 5.41) is 5.99. The number of halogens is 1. The van der Waals surface area contributed by atoms with Gasteiger partial charge in [0, 0.05) is 43.9 Å². The van der Waals surface area contributed by atoms with Crippen molar-refractivity contribution in [3.8, 4) is 11.3 Å². The summed E-state index contributed by atoms with van der Waals surface area (Å²) >= 11 is 0. The lowest BCUT2D eigenvalue weighted by Gasteiger charge is -2.34. The highest BCUT2D eigenvalue weighted by Gasteiger charge is 2.29. The molecule has 2 saturated heterocycles. The molecule has 0 unspecified atom stereocenters. The first kappa shape index (κ1) is 22.9. The van der Waals surface area contributed by atoms with E-state index in [-0.39, 0.29) is 18.3 Å². The molecule has 5 heterocycles. The number of nitrogens with zero attached hydrogens (tertiary/aromatic N) is 6. The third-order valence-corrected chi connectivity index (χ3v) is 7.47. The van der Waals surface area contributed by atoms with Crippen LogP contribution in [-0.4, -0.2) is 69.6 Å². The molecule has 0 radical (unpaired) electrons. The van der Waals surface area contributed by atoms with Crippen molar-refractivity contribution in [3.63, 3.8) is 0 Å². The molecule has 3 aliphatic rings. The van der Waals surface area contributed by atoms with Crippen LogP contribution in [0.2, 0.25) is 0 Å². The molecule has 1 amide bonds. The van der Waals surface area contributed by atoms with Crippen LogP contribution in [-0.2, 0) is 11.3 Å². The highest BCUT2D eigenvalue weighted by atomic mass is 19.1. The summed E-state index contributed by atoms with van der Waals surface area (Å²) in [7, 11) is 0. The predicted octanol–water partition coefficient (Wildman–Crippen LogP) is 3.32. The number of aromatic nitrogens is 4. The third kappa shape index (κ3) is 4.65. The Balaban J connectivity index is 1.21. The van der Waals surface area contributed by atoms with Gasteiger partial charge in [0.2, 0.25) is 5.91 Å². The van der Waals surface area contributed by atoms with Gasteiger partial charge in [-0.15, -0.1) is 0 Å². The van der Waals surface area contributed by atoms with E-state index in [9.17, 15) is 9.18 Å². The molecule has 2 fully saturated rings. The molecule has 2 N–H and O–H groups in total. The van der Waals surface area contributed by atoms with Crippen LogP contribution in [0.5, 0.6) is 0 Å². The molecule has 2 aromatic heterocycles. The Bertz CT molecular complexity index is 1230. The molecular formula is C26H31FN8O. The Morgan fingerprint density at radius 2 is 1.78 bits per heavy atom. The highest BCUT2D eigenvalue weighted by Crippen LogP contribution is 2.36. The average molecular weight is 491 g/mol. The standard InChI is InChI=1S/C26H31FN8O/c27-20-5-3-18(4-6-20)21-16-35(14-13-33-9-1-2-10-33)25(31-21)19-7-11-34(12-8-19)26-23-24(29-17-30-26)28-15-22(36)32-23/h3-6,16-17,19H,1-2,7-15H2,(H,32,36)(H,28,29,30). The number of likely N-dealkylation sites (tertiary alicyclic amines) is 1. The normalized spacial score (nSPS) is 18.7. The molecule has 188 valence electrons. The second-order valence-corrected chi connectivity index (χ2v) is 9.82. The first-order valence-corrected chi connectivity index (χ1v) is 12.8. The van der Waals surface area contributed by atoms with Crippen LogP contribution >= 0.6 is 0 Å². The molecule has 0 aliphatic carbocycles. The van der Waals surface area contributed by atoms with E-state index < -0.39 is 0 Å². The number of rotatable bonds is 6. The lowest BCUT2D eigenvalue weighted by Crippen LogP contribution is -2.37. The molecule has 0 spiro atoms. The van der Waals surface area contributed by atoms with Crippen LogP contribution in [0.4, 0.5) is 21.7 Å². The zero-order valence-electron chi connectivity index (χ0n) is 20.3. The minimum Gasteiger partial charge on any atom is -0.359 e. The average Bonchev–Trinajstić information content (AvgIpc) is 3.58. The number of carbonyl (C=O) groups excluding carboxylic acids is 1. The van der Waals surface area contributed by atoms with Gasteiger partial charge in [-0.1, -0.05) is 0 Å². The van der Waals surface area contributed by atoms with Crippen LogP contribution in [0.1, 0.15) is 37.4 Å². The van der Waals surface area contributed by atoms with E-state index in [0.717, 1.165) is 61.9 Å². The van der Waals surface area contributed by atoms with E-state index in [1.807, 2.05) is 0 Å². The number of carbonyl (C=O) groups is 1. The van der Waals surface area contributed by atoms with Crippen molar-refractivity contribution in [2.75, 3.05) is 54.8 Å². The van der Waals surface area contributed by atoms with Crippen LogP contribution in [0, 0.1) is 5.82 Å². The van der Waals surface area contributed by atoms with Crippen molar-refractivity contribution in [2.45, 2.75) is 38.1 Å². The van der Waals surface area contributed by atoms with Crippen molar-refractivity contribution < 1.29 is 9.18 Å². The molecule has 36 heavy (non-hydrogen) atoms. The number of anilines is 3. The quantitative estimate of drug-likeness (QED) is 0.548. The number of fused-ring (bicyclic) bond motifs is 1. The molecule has 0 bridgehead atoms. The second-order valence-electron chi connectivity index (χ2n) is 9.82. The largest absolute Gasteiger partial charge is 0.359 e. The number of nitrogens with one attached hydrogen (secondary N) is 2. The lowest BCUT2D eigenvalue weighted by molar-refractivity contribution is -0.114. The summed E-state index contributed by atoms with van der Waals surface area (Å²) in [6.45, 7) is 6.11. The Kier molecular flexibility index (Phi) is 6.27. The number of benzene rings is 1. The van der Waals surface area contributed by atoms with Crippen LogP contribution in [0.3, 0.4) is 0 Å². The molecule has 6 rings (SSSR count). The van der Waals surface area contributed by atoms with Crippen molar-refractivity contribution in [1.29, 1.82) is 0 Å². The summed E-state index contributed by atoms with van der Waals surface area (Å²) in [6, 6.07) is 6.59. The first-order chi connectivity index (χ1) is 17.6. The minimum atomic E-state index is -0.238. The number of imidazole rings is 1. The highest BCUT2D eigenvalue weighted by molar-refractivity contribution is 6.02. The Hall–Kier alpha value is -3.53. The molecule has 10 heteroatoms. The van der Waals surface area contributed by atoms with Crippen molar-refractivity contribution in [1.82, 2.24) is 24.4 Å². The van der Waals surface area contributed by atoms with Crippen LogP contribution in [0.15, 0.2) is 36.8 Å². The third-order valence-electron chi connectivity index (χ3n) is 7.47. The fraction of sp³-hybridized carbons (Fsp3) is 0.462. The Morgan fingerprint density at radius 1 is 1.00 bits per heavy atom. The molecule has 0 atom stereocenters. The summed E-state index contributed by atoms with van der Waals surface area (Å²) in [6.07, 6.45) is 8.10. The first-order valence-electron chi connectivity index (χ1n) is 12.8. The van der Waals surface area contributed by atoms with Gasteiger partial charge < -0.3 is 25.0 Å². The minimum absolute atomic E-state index is 0.0817. The fourth-order valence-electron chi connectivity index (χ4n) is 5.51. The Labute approximate surface area is 209 Å². The zero-order chi connectivity index (χ0) is 24.5. The van der Waals surface area contributed by atoms with Crippen molar-refractivity contribution in [2.24, 2.45) is 0 Å². The van der Waals surface area contributed by atoms with Gasteiger partial charge in [0.05, 0.1) is 12.2 Å². The summed E-state index contributed by atoms with van der Waals surface area (Å²) in [4.78, 5) is 30.5. The topological polar surface area (TPSA) is 91.2 Å². The second kappa shape index (κ2) is 9.85. The van der Waals surface area contributed by atoms with Crippen molar-refractivity contribution in [3.05, 3.63) is 48.4 Å². The molecular weight excluding hydrogens is 459 g/mol. The van der Waals surface area contributed by atoms with E-state index in [1.54, 1.807) is 18.5 Å². The monoisotopic (exact) mass is 490 g/mol. The van der Waals surface area contributed by atoms with Gasteiger partial charge in [-0.05, 0) is 63.0 Å². The fourth-order valence-corrected chi connectivity index (χ4v) is 5.51. The van der Waals surface area contributed by atoms with Gasteiger partial charge in [-0.2, -0.15) is 0 Å². The number of amides is 1. The molecule has 1 aromatic carbocycles. The summed E-state index contributed by atoms with van der Waals surface area (Å²) < 4.78 is 15.8. The maximum absolute atomic E-state index is 13.5. The number of hydrogen-bond donors (Lipinski definition) is 2. The van der Waals surface area contributed by atoms with E-state index in [4.69, 9.17) is 4.98 Å². The van der Waals surface area contributed by atoms with Gasteiger partial charge in [0.1, 0.15) is 23.7 Å². The maximum Gasteiger partial charge on any atom is 0.243 e. The SMILES string of the molecule is O=C1CNc2ncnc(N3CCC(c4nc(-c5ccc(F)cc5)cn4CCN4CCCC4)CC3)c2N1. The van der Waals surface area contributed by atoms with Gasteiger partial charge in [-0.25, -0.2) is 19.3 Å². The summed E-state index contributed by atoms with van der Waals surface area (Å²) in [5.74, 6) is 2.54.